The lowest BCUT2D eigenvalue weighted by molar-refractivity contribution is -0.139. The molecule has 0 aliphatic carbocycles. The van der Waals surface area contributed by atoms with E-state index in [0.717, 1.165) is 5.56 Å². The first kappa shape index (κ1) is 25.0. The lowest BCUT2D eigenvalue weighted by atomic mass is 10.2. The molecule has 0 spiro atoms. The number of hydrogen-bond acceptors (Lipinski definition) is 10. The van der Waals surface area contributed by atoms with Crippen LogP contribution in [0.3, 0.4) is 0 Å². The number of benzene rings is 1. The van der Waals surface area contributed by atoms with E-state index in [9.17, 15) is 14.3 Å². The van der Waals surface area contributed by atoms with Crippen molar-refractivity contribution in [2.75, 3.05) is 17.7 Å². The first-order valence-electron chi connectivity index (χ1n) is 10.4. The van der Waals surface area contributed by atoms with E-state index in [1.807, 2.05) is 11.4 Å². The second-order valence-corrected chi connectivity index (χ2v) is 9.77. The molecular formula is C23H21ClFN5O3S2. The Morgan fingerprint density at radius 2 is 2.11 bits per heavy atom. The molecule has 1 atom stereocenters. The van der Waals surface area contributed by atoms with Gasteiger partial charge >= 0.3 is 5.97 Å². The molecule has 35 heavy (non-hydrogen) atoms. The van der Waals surface area contributed by atoms with Crippen LogP contribution in [0, 0.1) is 5.82 Å². The molecule has 4 rings (SSSR count). The number of anilines is 3. The van der Waals surface area contributed by atoms with Crippen LogP contribution in [0.1, 0.15) is 29.3 Å². The number of aliphatic hydroxyl groups excluding tert-OH is 1. The average Bonchev–Trinajstić information content (AvgIpc) is 3.46. The van der Waals surface area contributed by atoms with Crippen molar-refractivity contribution in [2.24, 2.45) is 0 Å². The molecule has 0 bridgehead atoms. The van der Waals surface area contributed by atoms with E-state index in [0.29, 0.717) is 49.5 Å². The summed E-state index contributed by atoms with van der Waals surface area (Å²) in [5.74, 6) is -0.240. The van der Waals surface area contributed by atoms with E-state index in [1.165, 1.54) is 35.8 Å². The summed E-state index contributed by atoms with van der Waals surface area (Å²) in [4.78, 5) is 25.9. The Morgan fingerprint density at radius 1 is 1.29 bits per heavy atom. The molecule has 0 aliphatic rings. The van der Waals surface area contributed by atoms with Gasteiger partial charge in [-0.25, -0.2) is 19.3 Å². The summed E-state index contributed by atoms with van der Waals surface area (Å²) in [5.41, 5.74) is 2.39. The third-order valence-corrected chi connectivity index (χ3v) is 7.10. The Morgan fingerprint density at radius 3 is 2.80 bits per heavy atom. The second kappa shape index (κ2) is 11.1. The van der Waals surface area contributed by atoms with Crippen molar-refractivity contribution in [1.29, 1.82) is 0 Å². The van der Waals surface area contributed by atoms with Crippen molar-refractivity contribution in [3.8, 4) is 10.6 Å². The number of hydrogen-bond donors (Lipinski definition) is 3. The highest BCUT2D eigenvalue weighted by Gasteiger charge is 2.20. The van der Waals surface area contributed by atoms with Crippen LogP contribution in [0.25, 0.3) is 10.6 Å². The fraction of sp³-hybridized carbons (Fsp3) is 0.217. The number of aromatic nitrogens is 3. The maximum absolute atomic E-state index is 13.9. The number of pyridine rings is 1. The fourth-order valence-corrected chi connectivity index (χ4v) is 4.98. The Bertz CT molecular complexity index is 1330. The zero-order valence-electron chi connectivity index (χ0n) is 18.7. The van der Waals surface area contributed by atoms with Crippen LogP contribution >= 0.6 is 34.3 Å². The van der Waals surface area contributed by atoms with E-state index >= 15 is 0 Å². The van der Waals surface area contributed by atoms with Gasteiger partial charge < -0.3 is 20.5 Å². The summed E-state index contributed by atoms with van der Waals surface area (Å²) in [6, 6.07) is 8.14. The first-order chi connectivity index (χ1) is 16.8. The van der Waals surface area contributed by atoms with Gasteiger partial charge in [0.25, 0.3) is 0 Å². The van der Waals surface area contributed by atoms with Crippen LogP contribution in [-0.4, -0.2) is 33.1 Å². The van der Waals surface area contributed by atoms with Crippen molar-refractivity contribution in [1.82, 2.24) is 15.0 Å². The number of aliphatic hydroxyl groups is 1. The number of esters is 1. The predicted molar refractivity (Wildman–Crippen MR) is 136 cm³/mol. The van der Waals surface area contributed by atoms with Crippen molar-refractivity contribution in [3.63, 3.8) is 0 Å². The molecule has 0 saturated heterocycles. The number of nitrogens with zero attached hydrogens (tertiary/aromatic N) is 3. The van der Waals surface area contributed by atoms with Gasteiger partial charge in [0.1, 0.15) is 22.7 Å². The van der Waals surface area contributed by atoms with Gasteiger partial charge in [-0.2, -0.15) is 0 Å². The highest BCUT2D eigenvalue weighted by atomic mass is 35.5. The van der Waals surface area contributed by atoms with Crippen molar-refractivity contribution in [3.05, 3.63) is 69.0 Å². The number of carbonyl (C=O) groups excluding carboxylic acids is 1. The van der Waals surface area contributed by atoms with Crippen LogP contribution < -0.4 is 10.6 Å². The summed E-state index contributed by atoms with van der Waals surface area (Å²) in [6.07, 6.45) is 0.922. The number of carbonyl (C=O) groups is 1. The maximum atomic E-state index is 13.9. The van der Waals surface area contributed by atoms with E-state index < -0.39 is 17.9 Å². The summed E-state index contributed by atoms with van der Waals surface area (Å²) >= 11 is 8.45. The molecule has 12 heteroatoms. The summed E-state index contributed by atoms with van der Waals surface area (Å²) < 4.78 is 18.7. The first-order valence-corrected chi connectivity index (χ1v) is 12.5. The Balaban J connectivity index is 1.43. The minimum Gasteiger partial charge on any atom is -0.469 e. The number of thiazole rings is 2. The monoisotopic (exact) mass is 533 g/mol. The fourth-order valence-electron chi connectivity index (χ4n) is 3.06. The molecule has 0 radical (unpaired) electrons. The minimum atomic E-state index is -0.755. The number of methoxy groups -OCH3 is 1. The van der Waals surface area contributed by atoms with E-state index in [1.54, 1.807) is 31.3 Å². The van der Waals surface area contributed by atoms with Gasteiger partial charge in [0, 0.05) is 23.1 Å². The molecular weight excluding hydrogens is 513 g/mol. The van der Waals surface area contributed by atoms with Crippen LogP contribution in [0.15, 0.2) is 41.9 Å². The van der Waals surface area contributed by atoms with E-state index in [2.05, 4.69) is 25.6 Å². The van der Waals surface area contributed by atoms with E-state index in [4.69, 9.17) is 16.3 Å². The quantitative estimate of drug-likeness (QED) is 0.239. The van der Waals surface area contributed by atoms with Crippen molar-refractivity contribution < 1.29 is 19.0 Å². The van der Waals surface area contributed by atoms with Gasteiger partial charge in [0.2, 0.25) is 0 Å². The molecule has 3 N–H and O–H groups in total. The maximum Gasteiger partial charge on any atom is 0.311 e. The Hall–Kier alpha value is -3.12. The number of halogens is 2. The molecule has 0 aliphatic heterocycles. The molecule has 4 aromatic rings. The van der Waals surface area contributed by atoms with Gasteiger partial charge in [-0.05, 0) is 36.8 Å². The number of ether oxygens (including phenoxy) is 1. The lowest BCUT2D eigenvalue weighted by Crippen LogP contribution is -2.06. The van der Waals surface area contributed by atoms with Crippen LogP contribution in [0.5, 0.6) is 0 Å². The highest BCUT2D eigenvalue weighted by molar-refractivity contribution is 7.17. The van der Waals surface area contributed by atoms with Crippen LogP contribution in [0.2, 0.25) is 5.02 Å². The summed E-state index contributed by atoms with van der Waals surface area (Å²) in [7, 11) is 1.32. The smallest absolute Gasteiger partial charge is 0.311 e. The SMILES string of the molecule is COC(=O)Cc1nc(C(C)O)sc1-c1csc(Nc2ccc(CNc3ccc(Cl)cc3F)cn2)n1. The average molecular weight is 534 g/mol. The number of rotatable bonds is 9. The van der Waals surface area contributed by atoms with Gasteiger partial charge in [-0.3, -0.25) is 4.79 Å². The summed E-state index contributed by atoms with van der Waals surface area (Å²) in [5, 5.41) is 19.4. The van der Waals surface area contributed by atoms with E-state index in [-0.39, 0.29) is 6.42 Å². The molecule has 3 aromatic heterocycles. The predicted octanol–water partition coefficient (Wildman–Crippen LogP) is 5.58. The Kier molecular flexibility index (Phi) is 7.91. The van der Waals surface area contributed by atoms with Crippen molar-refractivity contribution in [2.45, 2.75) is 26.0 Å². The third kappa shape index (κ3) is 6.31. The topological polar surface area (TPSA) is 109 Å². The molecule has 1 aromatic carbocycles. The molecule has 0 fully saturated rings. The molecule has 3 heterocycles. The number of nitrogens with one attached hydrogen (secondary N) is 2. The largest absolute Gasteiger partial charge is 0.469 e. The van der Waals surface area contributed by atoms with Crippen LogP contribution in [0.4, 0.5) is 21.0 Å². The normalized spacial score (nSPS) is 11.8. The molecule has 0 saturated carbocycles. The zero-order chi connectivity index (χ0) is 24.9. The molecule has 182 valence electrons. The minimum absolute atomic E-state index is 0.00762. The van der Waals surface area contributed by atoms with Gasteiger partial charge in [-0.1, -0.05) is 17.7 Å². The summed E-state index contributed by atoms with van der Waals surface area (Å²) in [6.45, 7) is 2.02. The second-order valence-electron chi connectivity index (χ2n) is 7.45. The Labute approximate surface area is 213 Å². The molecule has 0 amide bonds. The van der Waals surface area contributed by atoms with Crippen molar-refractivity contribution >= 4 is 56.9 Å². The van der Waals surface area contributed by atoms with Gasteiger partial charge in [-0.15, -0.1) is 22.7 Å². The third-order valence-electron chi connectivity index (χ3n) is 4.82. The zero-order valence-corrected chi connectivity index (χ0v) is 21.1. The molecule has 1 unspecified atom stereocenters. The molecule has 8 nitrogen and oxygen atoms in total. The lowest BCUT2D eigenvalue weighted by Gasteiger charge is -2.08. The van der Waals surface area contributed by atoms with Gasteiger partial charge in [0.15, 0.2) is 5.13 Å². The van der Waals surface area contributed by atoms with Crippen LogP contribution in [-0.2, 0) is 22.5 Å². The standard InChI is InChI=1S/C23H21ClFN5O3S2/c1-12(31)22-28-17(8-20(32)33-2)21(35-22)18-11-34-23(29-18)30-19-6-3-13(10-27-19)9-26-16-5-4-14(24)7-15(16)25/h3-7,10-12,26,31H,8-9H2,1-2H3,(H,27,29,30). The van der Waals surface area contributed by atoms with Gasteiger partial charge in [0.05, 0.1) is 35.5 Å². The highest BCUT2D eigenvalue weighted by Crippen LogP contribution is 2.35.